The molecule has 0 radical (unpaired) electrons. The minimum absolute atomic E-state index is 0.259. The predicted molar refractivity (Wildman–Crippen MR) is 99.5 cm³/mol. The summed E-state index contributed by atoms with van der Waals surface area (Å²) in [6.07, 6.45) is 0.929. The van der Waals surface area contributed by atoms with E-state index >= 15 is 0 Å². The van der Waals surface area contributed by atoms with E-state index in [0.29, 0.717) is 17.1 Å². The van der Waals surface area contributed by atoms with Crippen molar-refractivity contribution in [3.8, 4) is 0 Å². The number of fused-ring (bicyclic) bond motifs is 1. The van der Waals surface area contributed by atoms with Gasteiger partial charge in [0.15, 0.2) is 0 Å². The fourth-order valence-corrected chi connectivity index (χ4v) is 2.96. The fraction of sp³-hybridized carbons (Fsp3) is 0.250. The van der Waals surface area contributed by atoms with E-state index < -0.39 is 6.23 Å². The van der Waals surface area contributed by atoms with Gasteiger partial charge in [-0.2, -0.15) is 0 Å². The Bertz CT molecular complexity index is 924. The SMILES string of the molecule is Cc1c(F)cccc1Nc1ncc(C(O)N(C)C)c2c(C)cccc12. The maximum atomic E-state index is 13.8. The van der Waals surface area contributed by atoms with E-state index in [4.69, 9.17) is 0 Å². The number of hydrogen-bond acceptors (Lipinski definition) is 4. The van der Waals surface area contributed by atoms with Gasteiger partial charge in [-0.05, 0) is 51.0 Å². The molecule has 0 aliphatic rings. The van der Waals surface area contributed by atoms with Crippen molar-refractivity contribution in [3.63, 3.8) is 0 Å². The van der Waals surface area contributed by atoms with Crippen molar-refractivity contribution < 1.29 is 9.50 Å². The van der Waals surface area contributed by atoms with Crippen LogP contribution in [0, 0.1) is 19.7 Å². The van der Waals surface area contributed by atoms with Gasteiger partial charge in [-0.3, -0.25) is 4.90 Å². The summed E-state index contributed by atoms with van der Waals surface area (Å²) < 4.78 is 13.8. The molecule has 5 heteroatoms. The van der Waals surface area contributed by atoms with Crippen LogP contribution in [-0.2, 0) is 0 Å². The Balaban J connectivity index is 2.17. The number of aliphatic hydroxyl groups is 1. The van der Waals surface area contributed by atoms with Gasteiger partial charge in [0.2, 0.25) is 0 Å². The van der Waals surface area contributed by atoms with Crippen LogP contribution in [-0.4, -0.2) is 29.1 Å². The third kappa shape index (κ3) is 3.21. The maximum absolute atomic E-state index is 13.8. The average Bonchev–Trinajstić information content (AvgIpc) is 2.59. The van der Waals surface area contributed by atoms with Crippen LogP contribution in [0.2, 0.25) is 0 Å². The number of pyridine rings is 1. The highest BCUT2D eigenvalue weighted by molar-refractivity contribution is 5.97. The second-order valence-corrected chi connectivity index (χ2v) is 6.43. The van der Waals surface area contributed by atoms with Gasteiger partial charge in [-0.15, -0.1) is 0 Å². The summed E-state index contributed by atoms with van der Waals surface area (Å²) in [5.74, 6) is 0.382. The number of benzene rings is 2. The Morgan fingerprint density at radius 2 is 1.84 bits per heavy atom. The Labute approximate surface area is 146 Å². The summed E-state index contributed by atoms with van der Waals surface area (Å²) in [7, 11) is 3.63. The minimum atomic E-state index is -0.749. The molecule has 130 valence electrons. The summed E-state index contributed by atoms with van der Waals surface area (Å²) in [5, 5.41) is 15.6. The number of aromatic nitrogens is 1. The van der Waals surface area contributed by atoms with Crippen LogP contribution in [0.25, 0.3) is 10.8 Å². The molecule has 1 heterocycles. The van der Waals surface area contributed by atoms with Crippen LogP contribution in [0.3, 0.4) is 0 Å². The van der Waals surface area contributed by atoms with Crippen LogP contribution >= 0.6 is 0 Å². The third-order valence-corrected chi connectivity index (χ3v) is 4.44. The van der Waals surface area contributed by atoms with Crippen molar-refractivity contribution in [1.82, 2.24) is 9.88 Å². The first-order chi connectivity index (χ1) is 11.9. The lowest BCUT2D eigenvalue weighted by Crippen LogP contribution is -2.20. The first-order valence-electron chi connectivity index (χ1n) is 8.15. The normalized spacial score (nSPS) is 12.6. The number of nitrogens with zero attached hydrogens (tertiary/aromatic N) is 2. The first kappa shape index (κ1) is 17.3. The van der Waals surface area contributed by atoms with Crippen LogP contribution in [0.15, 0.2) is 42.6 Å². The zero-order valence-electron chi connectivity index (χ0n) is 14.8. The molecule has 2 N–H and O–H groups in total. The molecule has 0 bridgehead atoms. The topological polar surface area (TPSA) is 48.4 Å². The minimum Gasteiger partial charge on any atom is -0.374 e. The number of hydrogen-bond donors (Lipinski definition) is 2. The summed E-state index contributed by atoms with van der Waals surface area (Å²) >= 11 is 0. The second kappa shape index (κ2) is 6.78. The Morgan fingerprint density at radius 3 is 2.56 bits per heavy atom. The summed E-state index contributed by atoms with van der Waals surface area (Å²) in [6.45, 7) is 3.74. The Hall–Kier alpha value is -2.50. The molecule has 0 aliphatic heterocycles. The van der Waals surface area contributed by atoms with Gasteiger partial charge in [-0.25, -0.2) is 9.37 Å². The van der Waals surface area contributed by atoms with Crippen LogP contribution in [0.4, 0.5) is 15.9 Å². The van der Waals surface area contributed by atoms with Crippen LogP contribution in [0.5, 0.6) is 0 Å². The molecule has 1 atom stereocenters. The smallest absolute Gasteiger partial charge is 0.138 e. The lowest BCUT2D eigenvalue weighted by molar-refractivity contribution is 0.0405. The number of aryl methyl sites for hydroxylation is 1. The van der Waals surface area contributed by atoms with Crippen molar-refractivity contribution in [1.29, 1.82) is 0 Å². The highest BCUT2D eigenvalue weighted by atomic mass is 19.1. The van der Waals surface area contributed by atoms with Crippen molar-refractivity contribution in [2.75, 3.05) is 19.4 Å². The summed E-state index contributed by atoms with van der Waals surface area (Å²) in [4.78, 5) is 6.23. The molecule has 2 aromatic carbocycles. The Morgan fingerprint density at radius 1 is 1.12 bits per heavy atom. The van der Waals surface area contributed by atoms with Crippen molar-refractivity contribution >= 4 is 22.3 Å². The van der Waals surface area contributed by atoms with Gasteiger partial charge < -0.3 is 10.4 Å². The van der Waals surface area contributed by atoms with E-state index in [1.165, 1.54) is 6.07 Å². The molecule has 4 nitrogen and oxygen atoms in total. The summed E-state index contributed by atoms with van der Waals surface area (Å²) in [6, 6.07) is 10.8. The van der Waals surface area contributed by atoms with E-state index in [2.05, 4.69) is 10.3 Å². The zero-order valence-corrected chi connectivity index (χ0v) is 14.8. The number of halogens is 1. The quantitative estimate of drug-likeness (QED) is 0.696. The molecule has 0 spiro atoms. The Kier molecular flexibility index (Phi) is 4.70. The molecule has 1 aromatic heterocycles. The molecule has 0 fully saturated rings. The van der Waals surface area contributed by atoms with Crippen molar-refractivity contribution in [2.45, 2.75) is 20.1 Å². The molecule has 3 aromatic rings. The maximum Gasteiger partial charge on any atom is 0.138 e. The van der Waals surface area contributed by atoms with E-state index in [-0.39, 0.29) is 5.82 Å². The standard InChI is InChI=1S/C20H22FN3O/c1-12-7-5-8-14-18(12)15(20(25)24(3)4)11-22-19(14)23-17-10-6-9-16(21)13(17)2/h5-11,20,25H,1-4H3,(H,22,23). The average molecular weight is 339 g/mol. The first-order valence-corrected chi connectivity index (χ1v) is 8.15. The fourth-order valence-electron chi connectivity index (χ4n) is 2.96. The lowest BCUT2D eigenvalue weighted by atomic mass is 10.0. The summed E-state index contributed by atoms with van der Waals surface area (Å²) in [5.41, 5.74) is 3.02. The number of nitrogens with one attached hydrogen (secondary N) is 1. The van der Waals surface area contributed by atoms with Gasteiger partial charge in [-0.1, -0.05) is 24.3 Å². The van der Waals surface area contributed by atoms with Gasteiger partial charge in [0.05, 0.1) is 0 Å². The van der Waals surface area contributed by atoms with Gasteiger partial charge in [0, 0.05) is 28.4 Å². The third-order valence-electron chi connectivity index (χ3n) is 4.44. The van der Waals surface area contributed by atoms with E-state index in [1.54, 1.807) is 24.1 Å². The van der Waals surface area contributed by atoms with E-state index in [0.717, 1.165) is 21.9 Å². The van der Waals surface area contributed by atoms with Crippen molar-refractivity contribution in [2.24, 2.45) is 0 Å². The molecule has 1 unspecified atom stereocenters. The molecule has 3 rings (SSSR count). The molecular weight excluding hydrogens is 317 g/mol. The number of aliphatic hydroxyl groups excluding tert-OH is 1. The van der Waals surface area contributed by atoms with Crippen LogP contribution < -0.4 is 5.32 Å². The van der Waals surface area contributed by atoms with Gasteiger partial charge >= 0.3 is 0 Å². The highest BCUT2D eigenvalue weighted by Crippen LogP contribution is 2.33. The second-order valence-electron chi connectivity index (χ2n) is 6.43. The van der Waals surface area contributed by atoms with Gasteiger partial charge in [0.25, 0.3) is 0 Å². The molecule has 0 aliphatic carbocycles. The van der Waals surface area contributed by atoms with Gasteiger partial charge in [0.1, 0.15) is 17.9 Å². The number of anilines is 2. The molecule has 0 amide bonds. The monoisotopic (exact) mass is 339 g/mol. The largest absolute Gasteiger partial charge is 0.374 e. The van der Waals surface area contributed by atoms with E-state index in [1.807, 2.05) is 45.3 Å². The van der Waals surface area contributed by atoms with E-state index in [9.17, 15) is 9.50 Å². The zero-order chi connectivity index (χ0) is 18.1. The number of rotatable bonds is 4. The highest BCUT2D eigenvalue weighted by Gasteiger charge is 2.18. The lowest BCUT2D eigenvalue weighted by Gasteiger charge is -2.22. The molecular formula is C20H22FN3O. The molecule has 25 heavy (non-hydrogen) atoms. The van der Waals surface area contributed by atoms with Crippen LogP contribution in [0.1, 0.15) is 22.9 Å². The predicted octanol–water partition coefficient (Wildman–Crippen LogP) is 4.29. The molecule has 0 saturated carbocycles. The molecule has 0 saturated heterocycles. The van der Waals surface area contributed by atoms with Crippen molar-refractivity contribution in [3.05, 3.63) is 65.1 Å².